The summed E-state index contributed by atoms with van der Waals surface area (Å²) >= 11 is -0.939. The number of halogens is 1. The van der Waals surface area contributed by atoms with E-state index >= 15 is 0 Å². The molecule has 1 fully saturated rings. The molecule has 1 unspecified atom stereocenters. The first-order valence-corrected chi connectivity index (χ1v) is 19.7. The van der Waals surface area contributed by atoms with Crippen LogP contribution in [-0.4, -0.2) is 79.6 Å². The van der Waals surface area contributed by atoms with Gasteiger partial charge in [0.25, 0.3) is 0 Å². The summed E-state index contributed by atoms with van der Waals surface area (Å²) in [6, 6.07) is 9.95. The van der Waals surface area contributed by atoms with E-state index in [1.165, 1.54) is 29.6 Å². The van der Waals surface area contributed by atoms with Crippen molar-refractivity contribution in [2.45, 2.75) is 35.5 Å². The zero-order valence-electron chi connectivity index (χ0n) is 25.6. The quantitative estimate of drug-likeness (QED) is 0.150. The van der Waals surface area contributed by atoms with Crippen LogP contribution in [0.25, 0.3) is 17.2 Å². The number of benzene rings is 1. The molecule has 0 radical (unpaired) electrons. The van der Waals surface area contributed by atoms with Gasteiger partial charge in [-0.1, -0.05) is 0 Å². The zero-order chi connectivity index (χ0) is 31.7. The number of pyridine rings is 1. The van der Waals surface area contributed by atoms with E-state index in [2.05, 4.69) is 36.3 Å². The summed E-state index contributed by atoms with van der Waals surface area (Å²) in [4.78, 5) is 13.4. The summed E-state index contributed by atoms with van der Waals surface area (Å²) in [5.41, 5.74) is 1.70. The average Bonchev–Trinajstić information content (AvgIpc) is 3.44. The Morgan fingerprint density at radius 1 is 1.07 bits per heavy atom. The summed E-state index contributed by atoms with van der Waals surface area (Å²) in [6.45, 7) is 4.05. The number of para-hydroxylation sites is 1. The first kappa shape index (κ1) is 31.2. The number of allylic oxidation sites excluding steroid dienone is 1. The number of methoxy groups -OCH3 is 2. The van der Waals surface area contributed by atoms with E-state index in [9.17, 15) is 8.42 Å². The maximum atomic E-state index is 13.9. The van der Waals surface area contributed by atoms with Crippen LogP contribution >= 0.6 is 19.8 Å². The summed E-state index contributed by atoms with van der Waals surface area (Å²) < 4.78 is 53.0. The van der Waals surface area contributed by atoms with Crippen molar-refractivity contribution < 1.29 is 22.6 Å². The SMILES string of the molecule is CN[C@@H](c1ncc(C)cn1)[C@H](C)S(=O)(=O)Nc1nnc(-c2cccc(OCC3C=C4CCI43)n2)n1-c1c(OC)cccc1OC. The second-order valence-corrected chi connectivity index (χ2v) is 18.9. The van der Waals surface area contributed by atoms with Crippen LogP contribution in [0.4, 0.5) is 5.95 Å². The third-order valence-corrected chi connectivity index (χ3v) is 16.5. The molecule has 15 heteroatoms. The number of anilines is 1. The van der Waals surface area contributed by atoms with Crippen molar-refractivity contribution in [3.05, 3.63) is 69.8 Å². The van der Waals surface area contributed by atoms with Crippen LogP contribution in [0.3, 0.4) is 0 Å². The number of rotatable bonds is 13. The van der Waals surface area contributed by atoms with E-state index in [1.54, 1.807) is 60.3 Å². The van der Waals surface area contributed by atoms with Crippen molar-refractivity contribution in [2.24, 2.45) is 0 Å². The van der Waals surface area contributed by atoms with E-state index in [4.69, 9.17) is 19.2 Å². The van der Waals surface area contributed by atoms with Crippen molar-refractivity contribution >= 4 is 35.8 Å². The van der Waals surface area contributed by atoms with Crippen LogP contribution in [0.5, 0.6) is 17.4 Å². The van der Waals surface area contributed by atoms with Gasteiger partial charge in [0.15, 0.2) is 0 Å². The number of nitrogens with one attached hydrogen (secondary N) is 2. The normalized spacial score (nSPS) is 17.7. The third kappa shape index (κ3) is 6.07. The zero-order valence-corrected chi connectivity index (χ0v) is 28.5. The predicted molar refractivity (Wildman–Crippen MR) is 179 cm³/mol. The molecule has 0 amide bonds. The standard InChI is InChI=1S/C30H35IN8O5S/c1-18-15-33-28(34-16-18)26(32-3)19(2)45(40,41)38-30-37-36-29(39(30)27-23(42-4)9-7-10-24(27)43-5)22-8-6-11-25(35-22)44-17-21-14-20-12-13-31(20)21/h6-11,14-16,19,21,26,32H,12-13,17H2,1-5H3,(H,37,38)/t19-,21?,26+/m0/s1. The van der Waals surface area contributed by atoms with Gasteiger partial charge in [-0.15, -0.1) is 0 Å². The molecule has 2 N–H and O–H groups in total. The fourth-order valence-electron chi connectivity index (χ4n) is 5.23. The molecule has 2 aliphatic heterocycles. The van der Waals surface area contributed by atoms with Crippen molar-refractivity contribution in [1.82, 2.24) is 35.0 Å². The Labute approximate surface area is 269 Å². The molecule has 13 nitrogen and oxygen atoms in total. The maximum absolute atomic E-state index is 13.9. The molecule has 3 atom stereocenters. The number of hydrogen-bond donors (Lipinski definition) is 2. The van der Waals surface area contributed by atoms with E-state index in [0.717, 1.165) is 5.56 Å². The van der Waals surface area contributed by atoms with Gasteiger partial charge < -0.3 is 5.32 Å². The van der Waals surface area contributed by atoms with Gasteiger partial charge in [-0.3, -0.25) is 0 Å². The van der Waals surface area contributed by atoms with Crippen molar-refractivity contribution in [3.8, 4) is 34.6 Å². The fraction of sp³-hybridized carbons (Fsp3) is 0.367. The number of fused-ring (bicyclic) bond motifs is 1. The number of aromatic nitrogens is 6. The van der Waals surface area contributed by atoms with Crippen LogP contribution in [0.1, 0.15) is 30.8 Å². The molecule has 6 rings (SSSR count). The van der Waals surface area contributed by atoms with Gasteiger partial charge in [0.05, 0.1) is 6.04 Å². The Hall–Kier alpha value is -3.83. The van der Waals surface area contributed by atoms with Crippen LogP contribution < -0.4 is 24.2 Å². The van der Waals surface area contributed by atoms with Crippen molar-refractivity contribution in [3.63, 3.8) is 0 Å². The molecule has 0 aliphatic carbocycles. The molecule has 0 spiro atoms. The van der Waals surface area contributed by atoms with Gasteiger partial charge in [-0.05, 0) is 26.5 Å². The predicted octanol–water partition coefficient (Wildman–Crippen LogP) is 4.09. The summed E-state index contributed by atoms with van der Waals surface area (Å²) in [5.74, 6) is 1.83. The number of hydrogen-bond acceptors (Lipinski definition) is 11. The molecular formula is C30H35IN8O5S. The molecule has 5 heterocycles. The van der Waals surface area contributed by atoms with Crippen LogP contribution in [-0.2, 0) is 10.0 Å². The molecule has 1 saturated heterocycles. The Bertz CT molecular complexity index is 1810. The molecule has 4 aromatic rings. The minimum absolute atomic E-state index is 0.0728. The average molecular weight is 747 g/mol. The Morgan fingerprint density at radius 3 is 2.38 bits per heavy atom. The van der Waals surface area contributed by atoms with Crippen molar-refractivity contribution in [2.75, 3.05) is 37.0 Å². The van der Waals surface area contributed by atoms with Crippen LogP contribution in [0.2, 0.25) is 0 Å². The van der Waals surface area contributed by atoms with Crippen molar-refractivity contribution in [1.29, 1.82) is 0 Å². The molecular weight excluding hydrogens is 711 g/mol. The number of aryl methyl sites for hydroxylation is 1. The first-order chi connectivity index (χ1) is 21.7. The summed E-state index contributed by atoms with van der Waals surface area (Å²) in [5, 5.41) is 10.7. The van der Waals surface area contributed by atoms with Gasteiger partial charge in [0, 0.05) is 12.4 Å². The summed E-state index contributed by atoms with van der Waals surface area (Å²) in [6.07, 6.45) is 6.91. The molecule has 0 saturated carbocycles. The fourth-order valence-corrected chi connectivity index (χ4v) is 11.8. The molecule has 238 valence electrons. The number of nitrogens with zero attached hydrogens (tertiary/aromatic N) is 6. The second kappa shape index (κ2) is 12.9. The molecule has 45 heavy (non-hydrogen) atoms. The Balaban J connectivity index is 1.38. The first-order valence-electron chi connectivity index (χ1n) is 14.3. The van der Waals surface area contributed by atoms with Gasteiger partial charge in [-0.2, -0.15) is 0 Å². The molecule has 0 bridgehead atoms. The molecule has 2 aliphatic rings. The second-order valence-electron chi connectivity index (χ2n) is 10.6. The Kier molecular flexibility index (Phi) is 8.92. The van der Waals surface area contributed by atoms with Crippen LogP contribution in [0.15, 0.2) is 58.4 Å². The minimum atomic E-state index is -4.09. The van der Waals surface area contributed by atoms with E-state index in [0.29, 0.717) is 45.1 Å². The topological polar surface area (TPSA) is 155 Å². The van der Waals surface area contributed by atoms with Crippen LogP contribution in [0, 0.1) is 6.92 Å². The van der Waals surface area contributed by atoms with Gasteiger partial charge in [-0.25, -0.2) is 9.97 Å². The molecule has 1 aromatic carbocycles. The monoisotopic (exact) mass is 746 g/mol. The van der Waals surface area contributed by atoms with E-state index in [1.807, 2.05) is 13.0 Å². The van der Waals surface area contributed by atoms with E-state index in [-0.39, 0.29) is 11.8 Å². The number of ether oxygens (including phenoxy) is 3. The van der Waals surface area contributed by atoms with E-state index < -0.39 is 41.1 Å². The number of alkyl halides is 2. The third-order valence-electron chi connectivity index (χ3n) is 7.76. The van der Waals surface area contributed by atoms with Gasteiger partial charge in [0.1, 0.15) is 5.82 Å². The number of sulfonamides is 1. The van der Waals surface area contributed by atoms with Gasteiger partial charge >= 0.3 is 204 Å². The van der Waals surface area contributed by atoms with Gasteiger partial charge in [0.2, 0.25) is 0 Å². The molecule has 3 aromatic heterocycles. The Morgan fingerprint density at radius 2 is 1.78 bits per heavy atom. The summed E-state index contributed by atoms with van der Waals surface area (Å²) in [7, 11) is 0.610.